The Labute approximate surface area is 368 Å². The number of anilines is 7. The van der Waals surface area contributed by atoms with Crippen LogP contribution in [0.25, 0.3) is 0 Å². The summed E-state index contributed by atoms with van der Waals surface area (Å²) in [6, 6.07) is 35.0. The van der Waals surface area contributed by atoms with Crippen molar-refractivity contribution in [2.75, 3.05) is 14.7 Å². The van der Waals surface area contributed by atoms with E-state index < -0.39 is 8.07 Å². The molecule has 5 heteroatoms. The SMILES string of the molecule is CC(C)(C)c1cc2c3c(c1)C1(C)CCCCC1(C)N3c1cc(N3c4ccccc4[Si](C)(C)c4ccccc43)cc3c1B2c1cc(C(C)(C)C)cc2c1N3C1(C)CCCCC21C. The molecule has 0 bridgehead atoms. The Balaban J connectivity index is 1.25. The van der Waals surface area contributed by atoms with E-state index in [1.54, 1.807) is 27.5 Å². The van der Waals surface area contributed by atoms with Crippen molar-refractivity contribution >= 4 is 81.4 Å². The predicted octanol–water partition coefficient (Wildman–Crippen LogP) is 11.5. The minimum atomic E-state index is -1.97. The molecule has 4 unspecified atom stereocenters. The fraction of sp³-hybridized carbons (Fsp3) is 0.464. The van der Waals surface area contributed by atoms with E-state index in [0.29, 0.717) is 0 Å². The minimum absolute atomic E-state index is 0.0330. The van der Waals surface area contributed by atoms with Gasteiger partial charge in [-0.15, -0.1) is 0 Å². The molecule has 2 aliphatic carbocycles. The van der Waals surface area contributed by atoms with Gasteiger partial charge in [0.1, 0.15) is 8.07 Å². The predicted molar refractivity (Wildman–Crippen MR) is 266 cm³/mol. The molecule has 312 valence electrons. The van der Waals surface area contributed by atoms with Gasteiger partial charge in [-0.1, -0.05) is 155 Å². The van der Waals surface area contributed by atoms with Crippen molar-refractivity contribution in [3.63, 3.8) is 0 Å². The lowest BCUT2D eigenvalue weighted by atomic mass is 9.33. The lowest BCUT2D eigenvalue weighted by molar-refractivity contribution is 0.194. The summed E-state index contributed by atoms with van der Waals surface area (Å²) in [5.41, 5.74) is 20.9. The van der Waals surface area contributed by atoms with Gasteiger partial charge in [0, 0.05) is 45.0 Å². The van der Waals surface area contributed by atoms with Gasteiger partial charge in [0.2, 0.25) is 0 Å². The van der Waals surface area contributed by atoms with Gasteiger partial charge >= 0.3 is 0 Å². The Morgan fingerprint density at radius 3 is 1.36 bits per heavy atom. The molecule has 0 N–H and O–H groups in total. The molecule has 4 atom stereocenters. The molecule has 5 aromatic carbocycles. The molecule has 7 aliphatic rings. The molecule has 0 amide bonds. The summed E-state index contributed by atoms with van der Waals surface area (Å²) in [6.45, 7) is 30.6. The fourth-order valence-electron chi connectivity index (χ4n) is 14.6. The number of rotatable bonds is 1. The quantitative estimate of drug-likeness (QED) is 0.156. The van der Waals surface area contributed by atoms with Crippen LogP contribution in [-0.2, 0) is 21.7 Å². The fourth-order valence-corrected chi connectivity index (χ4v) is 17.6. The van der Waals surface area contributed by atoms with Crippen molar-refractivity contribution < 1.29 is 0 Å². The van der Waals surface area contributed by atoms with Crippen LogP contribution in [0.15, 0.2) is 84.9 Å². The molecule has 2 fully saturated rings. The summed E-state index contributed by atoms with van der Waals surface area (Å²) < 4.78 is 0. The van der Waals surface area contributed by atoms with E-state index in [0.717, 1.165) is 0 Å². The van der Waals surface area contributed by atoms with E-state index in [1.807, 2.05) is 0 Å². The first-order valence-corrected chi connectivity index (χ1v) is 26.9. The summed E-state index contributed by atoms with van der Waals surface area (Å²) in [5.74, 6) is 0. The Morgan fingerprint density at radius 1 is 0.525 bits per heavy atom. The van der Waals surface area contributed by atoms with E-state index in [4.69, 9.17) is 0 Å². The normalized spacial score (nSPS) is 28.4. The first-order valence-electron chi connectivity index (χ1n) is 23.9. The number of fused-ring (bicyclic) bond motifs is 12. The molecular weight excluding hydrogens is 754 g/mol. The summed E-state index contributed by atoms with van der Waals surface area (Å²) in [7, 11) is -1.97. The van der Waals surface area contributed by atoms with Crippen molar-refractivity contribution in [1.29, 1.82) is 0 Å². The summed E-state index contributed by atoms with van der Waals surface area (Å²) >= 11 is 0. The van der Waals surface area contributed by atoms with Crippen molar-refractivity contribution in [2.45, 2.75) is 166 Å². The van der Waals surface area contributed by atoms with Crippen molar-refractivity contribution in [3.05, 3.63) is 107 Å². The Hall–Kier alpha value is -4.22. The molecule has 61 heavy (non-hydrogen) atoms. The molecule has 0 saturated heterocycles. The van der Waals surface area contributed by atoms with E-state index >= 15 is 0 Å². The summed E-state index contributed by atoms with van der Waals surface area (Å²) in [6.07, 6.45) is 10.0. The van der Waals surface area contributed by atoms with Crippen LogP contribution in [0.1, 0.15) is 143 Å². The van der Waals surface area contributed by atoms with E-state index in [2.05, 4.69) is 182 Å². The zero-order valence-corrected chi connectivity index (χ0v) is 40.2. The zero-order valence-electron chi connectivity index (χ0n) is 39.2. The average molecular weight is 820 g/mol. The maximum absolute atomic E-state index is 2.97. The highest BCUT2D eigenvalue weighted by molar-refractivity contribution is 7.03. The molecule has 2 saturated carbocycles. The van der Waals surface area contributed by atoms with Gasteiger partial charge in [-0.3, -0.25) is 0 Å². The summed E-state index contributed by atoms with van der Waals surface area (Å²) in [5, 5.41) is 3.06. The van der Waals surface area contributed by atoms with Crippen LogP contribution in [0.4, 0.5) is 39.8 Å². The van der Waals surface area contributed by atoms with Gasteiger partial charge in [0.15, 0.2) is 0 Å². The standard InChI is InChI=1S/C56H66BN3Si/c1-51(2,3)35-29-38-49-40(31-35)57-41-32-36(52(4,5)6)30-39-50(41)60(56(10)28-20-18-26-54(39,56)8)45-34-37(33-44(48(45)57)59(49)55(9)27-19-17-25-53(38,55)7)58-42-21-13-15-23-46(42)61(11,12)47-24-16-14-22-43(47)58/h13-16,21-24,29-34H,17-20,25-28H2,1-12H3. The second kappa shape index (κ2) is 11.7. The van der Waals surface area contributed by atoms with Crippen LogP contribution < -0.4 is 41.5 Å². The topological polar surface area (TPSA) is 9.72 Å². The molecule has 0 aromatic heterocycles. The molecular formula is C56H66BN3Si. The Morgan fingerprint density at radius 2 is 0.934 bits per heavy atom. The third kappa shape index (κ3) is 4.48. The number of hydrogen-bond acceptors (Lipinski definition) is 3. The van der Waals surface area contributed by atoms with Gasteiger partial charge in [-0.2, -0.15) is 0 Å². The number of para-hydroxylation sites is 2. The van der Waals surface area contributed by atoms with Crippen molar-refractivity contribution in [1.82, 2.24) is 0 Å². The largest absolute Gasteiger partial charge is 0.335 e. The Bertz CT molecular complexity index is 2590. The monoisotopic (exact) mass is 820 g/mol. The van der Waals surface area contributed by atoms with Crippen LogP contribution in [0, 0.1) is 0 Å². The molecule has 5 aliphatic heterocycles. The van der Waals surface area contributed by atoms with Crippen LogP contribution >= 0.6 is 0 Å². The lowest BCUT2D eigenvalue weighted by Gasteiger charge is -2.55. The molecule has 5 heterocycles. The van der Waals surface area contributed by atoms with Crippen LogP contribution in [0.3, 0.4) is 0 Å². The molecule has 0 radical (unpaired) electrons. The number of nitrogens with zero attached hydrogens (tertiary/aromatic N) is 3. The second-order valence-corrected chi connectivity index (χ2v) is 28.4. The molecule has 12 rings (SSSR count). The van der Waals surface area contributed by atoms with Crippen LogP contribution in [-0.4, -0.2) is 25.9 Å². The third-order valence-corrected chi connectivity index (χ3v) is 22.1. The minimum Gasteiger partial charge on any atom is -0.335 e. The molecule has 3 nitrogen and oxygen atoms in total. The second-order valence-electron chi connectivity index (χ2n) is 24.0. The summed E-state index contributed by atoms with van der Waals surface area (Å²) in [4.78, 5) is 8.63. The number of hydrogen-bond donors (Lipinski definition) is 0. The van der Waals surface area contributed by atoms with Crippen LogP contribution in [0.2, 0.25) is 13.1 Å². The zero-order chi connectivity index (χ0) is 42.6. The van der Waals surface area contributed by atoms with Crippen LogP contribution in [0.5, 0.6) is 0 Å². The third-order valence-electron chi connectivity index (χ3n) is 18.6. The van der Waals surface area contributed by atoms with Gasteiger partial charge in [-0.25, -0.2) is 0 Å². The van der Waals surface area contributed by atoms with Crippen molar-refractivity contribution in [2.24, 2.45) is 0 Å². The maximum atomic E-state index is 2.97. The van der Waals surface area contributed by atoms with E-state index in [1.165, 1.54) is 113 Å². The maximum Gasteiger partial charge on any atom is 0.252 e. The van der Waals surface area contributed by atoms with E-state index in [9.17, 15) is 0 Å². The lowest BCUT2D eigenvalue weighted by Crippen LogP contribution is -2.66. The van der Waals surface area contributed by atoms with Gasteiger partial charge < -0.3 is 14.7 Å². The highest BCUT2D eigenvalue weighted by Gasteiger charge is 2.65. The number of benzene rings is 5. The van der Waals surface area contributed by atoms with Gasteiger partial charge in [0.25, 0.3) is 6.71 Å². The van der Waals surface area contributed by atoms with Crippen molar-refractivity contribution in [3.8, 4) is 0 Å². The smallest absolute Gasteiger partial charge is 0.252 e. The molecule has 5 aromatic rings. The highest BCUT2D eigenvalue weighted by Crippen LogP contribution is 2.66. The van der Waals surface area contributed by atoms with Gasteiger partial charge in [-0.05, 0) is 124 Å². The first kappa shape index (κ1) is 38.5. The highest BCUT2D eigenvalue weighted by atomic mass is 28.3. The Kier molecular flexibility index (Phi) is 7.36. The first-order chi connectivity index (χ1) is 28.8. The van der Waals surface area contributed by atoms with E-state index in [-0.39, 0.29) is 39.5 Å². The molecule has 0 spiro atoms. The average Bonchev–Trinajstić information content (AvgIpc) is 3.56. The van der Waals surface area contributed by atoms with Gasteiger partial charge in [0.05, 0.1) is 16.8 Å².